The van der Waals surface area contributed by atoms with E-state index in [0.717, 1.165) is 43.0 Å². The normalized spacial score (nSPS) is 21.2. The highest BCUT2D eigenvalue weighted by Crippen LogP contribution is 2.36. The molecule has 7 heteroatoms. The summed E-state index contributed by atoms with van der Waals surface area (Å²) in [6.45, 7) is 8.41. The van der Waals surface area contributed by atoms with Gasteiger partial charge in [0.1, 0.15) is 5.75 Å². The predicted octanol–water partition coefficient (Wildman–Crippen LogP) is 3.41. The number of likely N-dealkylation sites (N-methyl/N-ethyl adjacent to an activating group) is 1. The summed E-state index contributed by atoms with van der Waals surface area (Å²) < 4.78 is 5.59. The number of rotatable bonds is 7. The molecule has 29 heavy (non-hydrogen) atoms. The van der Waals surface area contributed by atoms with E-state index in [1.807, 2.05) is 25.1 Å². The van der Waals surface area contributed by atoms with E-state index in [-0.39, 0.29) is 36.5 Å². The standard InChI is InChI=1S/C22H34N4O2.HI/c1-3-23-21(27)16-28-20-11-7-8-17(12-20)13-25-22(24-4-2)26-14-18-9-5-6-10-19(18)15-26;/h7-8,11-12,18-19H,3-6,9-10,13-16H2,1-2H3,(H,23,27)(H,24,25);1H. The van der Waals surface area contributed by atoms with E-state index in [9.17, 15) is 4.79 Å². The lowest BCUT2D eigenvalue weighted by Gasteiger charge is -2.22. The van der Waals surface area contributed by atoms with E-state index in [2.05, 4.69) is 28.5 Å². The van der Waals surface area contributed by atoms with Crippen molar-refractivity contribution < 1.29 is 9.53 Å². The highest BCUT2D eigenvalue weighted by atomic mass is 127. The SMILES string of the molecule is CCNC(=O)COc1cccc(CN=C(NCC)N2CC3CCCCC3C2)c1.I. The van der Waals surface area contributed by atoms with Crippen LogP contribution in [0.1, 0.15) is 45.1 Å². The van der Waals surface area contributed by atoms with Gasteiger partial charge < -0.3 is 20.3 Å². The summed E-state index contributed by atoms with van der Waals surface area (Å²) in [5.41, 5.74) is 1.08. The summed E-state index contributed by atoms with van der Waals surface area (Å²) in [6.07, 6.45) is 5.49. The van der Waals surface area contributed by atoms with Gasteiger partial charge in [0.05, 0.1) is 6.54 Å². The van der Waals surface area contributed by atoms with Crippen molar-refractivity contribution in [2.24, 2.45) is 16.8 Å². The van der Waals surface area contributed by atoms with Crippen LogP contribution in [0.3, 0.4) is 0 Å². The van der Waals surface area contributed by atoms with Gasteiger partial charge in [0.2, 0.25) is 0 Å². The maximum absolute atomic E-state index is 11.6. The minimum absolute atomic E-state index is 0. The van der Waals surface area contributed by atoms with Gasteiger partial charge in [-0.2, -0.15) is 0 Å². The van der Waals surface area contributed by atoms with Crippen LogP contribution >= 0.6 is 24.0 Å². The number of amides is 1. The van der Waals surface area contributed by atoms with E-state index >= 15 is 0 Å². The van der Waals surface area contributed by atoms with Crippen molar-refractivity contribution in [3.63, 3.8) is 0 Å². The number of likely N-dealkylation sites (tertiary alicyclic amines) is 1. The molecular weight excluding hydrogens is 479 g/mol. The van der Waals surface area contributed by atoms with Crippen LogP contribution in [0.4, 0.5) is 0 Å². The molecule has 2 atom stereocenters. The Bertz CT molecular complexity index is 669. The molecule has 2 N–H and O–H groups in total. The van der Waals surface area contributed by atoms with Crippen molar-refractivity contribution in [3.05, 3.63) is 29.8 Å². The van der Waals surface area contributed by atoms with Crippen LogP contribution in [0.15, 0.2) is 29.3 Å². The number of ether oxygens (including phenoxy) is 1. The smallest absolute Gasteiger partial charge is 0.257 e. The Labute approximate surface area is 191 Å². The van der Waals surface area contributed by atoms with E-state index in [4.69, 9.17) is 9.73 Å². The molecule has 1 aliphatic carbocycles. The highest BCUT2D eigenvalue weighted by molar-refractivity contribution is 14.0. The van der Waals surface area contributed by atoms with Crippen LogP contribution < -0.4 is 15.4 Å². The largest absolute Gasteiger partial charge is 0.484 e. The van der Waals surface area contributed by atoms with Crippen molar-refractivity contribution in [2.75, 3.05) is 32.8 Å². The maximum Gasteiger partial charge on any atom is 0.257 e. The number of fused-ring (bicyclic) bond motifs is 1. The van der Waals surface area contributed by atoms with Crippen molar-refractivity contribution in [2.45, 2.75) is 46.1 Å². The van der Waals surface area contributed by atoms with Gasteiger partial charge in [-0.25, -0.2) is 4.99 Å². The zero-order valence-corrected chi connectivity index (χ0v) is 20.0. The topological polar surface area (TPSA) is 66.0 Å². The first-order chi connectivity index (χ1) is 13.7. The number of carbonyl (C=O) groups excluding carboxylic acids is 1. The molecule has 2 fully saturated rings. The summed E-state index contributed by atoms with van der Waals surface area (Å²) >= 11 is 0. The number of carbonyl (C=O) groups is 1. The minimum Gasteiger partial charge on any atom is -0.484 e. The first kappa shape index (κ1) is 23.8. The van der Waals surface area contributed by atoms with Crippen molar-refractivity contribution in [3.8, 4) is 5.75 Å². The first-order valence-electron chi connectivity index (χ1n) is 10.7. The van der Waals surface area contributed by atoms with Gasteiger partial charge >= 0.3 is 0 Å². The number of nitrogens with one attached hydrogen (secondary N) is 2. The van der Waals surface area contributed by atoms with E-state index in [1.165, 1.54) is 25.7 Å². The van der Waals surface area contributed by atoms with Crippen molar-refractivity contribution in [1.82, 2.24) is 15.5 Å². The molecule has 0 bridgehead atoms. The average molecular weight is 514 g/mol. The lowest BCUT2D eigenvalue weighted by molar-refractivity contribution is -0.122. The Kier molecular flexibility index (Phi) is 10.0. The number of hydrogen-bond donors (Lipinski definition) is 2. The fourth-order valence-electron chi connectivity index (χ4n) is 4.30. The number of guanidine groups is 1. The fourth-order valence-corrected chi connectivity index (χ4v) is 4.30. The fraction of sp³-hybridized carbons (Fsp3) is 0.636. The van der Waals surface area contributed by atoms with Gasteiger partial charge in [-0.05, 0) is 56.2 Å². The molecule has 1 saturated heterocycles. The second kappa shape index (κ2) is 12.2. The summed E-state index contributed by atoms with van der Waals surface area (Å²) in [7, 11) is 0. The second-order valence-corrected chi connectivity index (χ2v) is 7.77. The molecule has 3 rings (SSSR count). The van der Waals surface area contributed by atoms with Gasteiger partial charge in [0.25, 0.3) is 5.91 Å². The third-order valence-corrected chi connectivity index (χ3v) is 5.66. The Morgan fingerprint density at radius 1 is 1.14 bits per heavy atom. The quantitative estimate of drug-likeness (QED) is 0.333. The Hall–Kier alpha value is -1.51. The molecule has 1 saturated carbocycles. The van der Waals surface area contributed by atoms with E-state index in [0.29, 0.717) is 18.8 Å². The molecule has 162 valence electrons. The number of hydrogen-bond acceptors (Lipinski definition) is 3. The summed E-state index contributed by atoms with van der Waals surface area (Å²) in [6, 6.07) is 7.85. The summed E-state index contributed by atoms with van der Waals surface area (Å²) in [5.74, 6) is 3.30. The van der Waals surface area contributed by atoms with E-state index in [1.54, 1.807) is 0 Å². The van der Waals surface area contributed by atoms with Crippen LogP contribution in [0, 0.1) is 11.8 Å². The highest BCUT2D eigenvalue weighted by Gasteiger charge is 2.35. The third-order valence-electron chi connectivity index (χ3n) is 5.66. The number of halogens is 1. The Morgan fingerprint density at radius 2 is 1.83 bits per heavy atom. The average Bonchev–Trinajstić information content (AvgIpc) is 3.14. The molecule has 2 aliphatic rings. The van der Waals surface area contributed by atoms with Crippen LogP contribution in [-0.4, -0.2) is 49.6 Å². The molecule has 0 aromatic heterocycles. The Morgan fingerprint density at radius 3 is 2.48 bits per heavy atom. The molecule has 0 radical (unpaired) electrons. The molecule has 2 unspecified atom stereocenters. The van der Waals surface area contributed by atoms with Crippen molar-refractivity contribution in [1.29, 1.82) is 0 Å². The maximum atomic E-state index is 11.6. The van der Waals surface area contributed by atoms with Gasteiger partial charge in [-0.15, -0.1) is 24.0 Å². The number of nitrogens with zero attached hydrogens (tertiary/aromatic N) is 2. The monoisotopic (exact) mass is 514 g/mol. The molecule has 1 amide bonds. The van der Waals surface area contributed by atoms with Crippen LogP contribution in [0.5, 0.6) is 5.75 Å². The molecule has 1 aromatic carbocycles. The van der Waals surface area contributed by atoms with Gasteiger partial charge in [0, 0.05) is 26.2 Å². The molecule has 6 nitrogen and oxygen atoms in total. The minimum atomic E-state index is -0.101. The molecular formula is C22H35IN4O2. The van der Waals surface area contributed by atoms with Gasteiger partial charge in [-0.3, -0.25) is 4.79 Å². The van der Waals surface area contributed by atoms with E-state index < -0.39 is 0 Å². The third kappa shape index (κ3) is 7.04. The van der Waals surface area contributed by atoms with Crippen molar-refractivity contribution >= 4 is 35.8 Å². The van der Waals surface area contributed by atoms with Crippen LogP contribution in [-0.2, 0) is 11.3 Å². The lowest BCUT2D eigenvalue weighted by Crippen LogP contribution is -2.40. The number of benzene rings is 1. The molecule has 0 spiro atoms. The second-order valence-electron chi connectivity index (χ2n) is 7.77. The summed E-state index contributed by atoms with van der Waals surface area (Å²) in [4.78, 5) is 18.9. The first-order valence-corrected chi connectivity index (χ1v) is 10.7. The van der Waals surface area contributed by atoms with Crippen LogP contribution in [0.25, 0.3) is 0 Å². The molecule has 1 aromatic rings. The lowest BCUT2D eigenvalue weighted by atomic mass is 9.82. The van der Waals surface area contributed by atoms with Gasteiger partial charge in [-0.1, -0.05) is 25.0 Å². The molecule has 1 aliphatic heterocycles. The predicted molar refractivity (Wildman–Crippen MR) is 128 cm³/mol. The Balaban J connectivity index is 0.00000300. The molecule has 1 heterocycles. The zero-order valence-electron chi connectivity index (χ0n) is 17.7. The van der Waals surface area contributed by atoms with Gasteiger partial charge in [0.15, 0.2) is 12.6 Å². The zero-order chi connectivity index (χ0) is 19.8. The van der Waals surface area contributed by atoms with Crippen LogP contribution in [0.2, 0.25) is 0 Å². The number of aliphatic imine (C=N–C) groups is 1. The summed E-state index contributed by atoms with van der Waals surface area (Å²) in [5, 5.41) is 6.20.